The van der Waals surface area contributed by atoms with Crippen molar-refractivity contribution in [2.24, 2.45) is 0 Å². The van der Waals surface area contributed by atoms with E-state index in [4.69, 9.17) is 4.74 Å². The van der Waals surface area contributed by atoms with Gasteiger partial charge in [0.25, 0.3) is 0 Å². The maximum atomic E-state index is 10.4. The number of hydrogen-bond donors (Lipinski definition) is 4. The average Bonchev–Trinajstić information content (AvgIpc) is 3.37. The Morgan fingerprint density at radius 2 is 1.63 bits per heavy atom. The molecule has 30 heavy (non-hydrogen) atoms. The first-order valence-electron chi connectivity index (χ1n) is 10.4. The first-order chi connectivity index (χ1) is 14.8. The molecular weight excluding hydrogens is 374 g/mol. The molecule has 0 radical (unpaired) electrons. The van der Waals surface area contributed by atoms with Crippen molar-refractivity contribution >= 4 is 32.7 Å². The highest BCUT2D eigenvalue weighted by Crippen LogP contribution is 2.32. The Bertz CT molecular complexity index is 1290. The Hall–Kier alpha value is -3.28. The molecule has 0 aliphatic heterocycles. The van der Waals surface area contributed by atoms with Gasteiger partial charge in [0.15, 0.2) is 0 Å². The van der Waals surface area contributed by atoms with Crippen molar-refractivity contribution in [3.63, 3.8) is 0 Å². The predicted molar refractivity (Wildman–Crippen MR) is 122 cm³/mol. The van der Waals surface area contributed by atoms with Crippen LogP contribution in [0.25, 0.3) is 32.7 Å². The molecule has 2 heterocycles. The molecule has 2 aromatic heterocycles. The molecule has 5 heteroatoms. The molecule has 4 N–H and O–H groups in total. The number of para-hydroxylation sites is 2. The number of benzene rings is 3. The summed E-state index contributed by atoms with van der Waals surface area (Å²) in [5.74, 6) is 0.794. The lowest BCUT2D eigenvalue weighted by molar-refractivity contribution is 0.107. The van der Waals surface area contributed by atoms with Gasteiger partial charge in [0.2, 0.25) is 0 Å². The van der Waals surface area contributed by atoms with Crippen LogP contribution in [0, 0.1) is 0 Å². The SMILES string of the molecule is OC(CNCCc1c[nH]c2ccccc12)COc1cccc2[nH]c3ccccc3c12. The summed E-state index contributed by atoms with van der Waals surface area (Å²) < 4.78 is 5.99. The zero-order valence-corrected chi connectivity index (χ0v) is 16.7. The summed E-state index contributed by atoms with van der Waals surface area (Å²) in [6.45, 7) is 1.54. The Balaban J connectivity index is 1.16. The molecule has 1 atom stereocenters. The van der Waals surface area contributed by atoms with Crippen molar-refractivity contribution < 1.29 is 9.84 Å². The van der Waals surface area contributed by atoms with Crippen LogP contribution in [0.3, 0.4) is 0 Å². The van der Waals surface area contributed by atoms with E-state index in [0.29, 0.717) is 6.54 Å². The largest absolute Gasteiger partial charge is 0.490 e. The standard InChI is InChI=1S/C25H25N3O2/c29-18(15-26-13-12-17-14-27-21-8-3-1-6-19(17)21)16-30-24-11-5-10-23-25(24)20-7-2-4-9-22(20)28-23/h1-11,14,18,26-29H,12-13,15-16H2. The van der Waals surface area contributed by atoms with Crippen molar-refractivity contribution in [1.82, 2.24) is 15.3 Å². The lowest BCUT2D eigenvalue weighted by Crippen LogP contribution is -2.32. The van der Waals surface area contributed by atoms with Crippen LogP contribution in [0.4, 0.5) is 0 Å². The van der Waals surface area contributed by atoms with Gasteiger partial charge in [-0.1, -0.05) is 42.5 Å². The number of fused-ring (bicyclic) bond motifs is 4. The number of aliphatic hydroxyl groups excluding tert-OH is 1. The van der Waals surface area contributed by atoms with Gasteiger partial charge in [-0.3, -0.25) is 0 Å². The minimum Gasteiger partial charge on any atom is -0.490 e. The van der Waals surface area contributed by atoms with Gasteiger partial charge in [-0.05, 0) is 42.8 Å². The van der Waals surface area contributed by atoms with Gasteiger partial charge in [-0.2, -0.15) is 0 Å². The number of aromatic nitrogens is 2. The zero-order valence-electron chi connectivity index (χ0n) is 16.7. The summed E-state index contributed by atoms with van der Waals surface area (Å²) in [5, 5.41) is 17.2. The van der Waals surface area contributed by atoms with Crippen molar-refractivity contribution in [3.8, 4) is 5.75 Å². The highest BCUT2D eigenvalue weighted by atomic mass is 16.5. The number of ether oxygens (including phenoxy) is 1. The molecule has 5 rings (SSSR count). The fourth-order valence-corrected chi connectivity index (χ4v) is 4.06. The summed E-state index contributed by atoms with van der Waals surface area (Å²) >= 11 is 0. The molecular formula is C25H25N3O2. The molecule has 3 aromatic carbocycles. The lowest BCUT2D eigenvalue weighted by Gasteiger charge is -2.14. The van der Waals surface area contributed by atoms with Crippen LogP contribution in [-0.2, 0) is 6.42 Å². The maximum absolute atomic E-state index is 10.4. The van der Waals surface area contributed by atoms with Crippen LogP contribution < -0.4 is 10.1 Å². The maximum Gasteiger partial charge on any atom is 0.129 e. The normalized spacial score (nSPS) is 12.7. The smallest absolute Gasteiger partial charge is 0.129 e. The van der Waals surface area contributed by atoms with Crippen LogP contribution in [0.2, 0.25) is 0 Å². The van der Waals surface area contributed by atoms with E-state index in [1.165, 1.54) is 10.9 Å². The highest BCUT2D eigenvalue weighted by Gasteiger charge is 2.11. The molecule has 0 aliphatic rings. The Kier molecular flexibility index (Phi) is 5.13. The van der Waals surface area contributed by atoms with Gasteiger partial charge < -0.3 is 25.1 Å². The van der Waals surface area contributed by atoms with Crippen LogP contribution in [0.5, 0.6) is 5.75 Å². The average molecular weight is 399 g/mol. The van der Waals surface area contributed by atoms with E-state index in [1.54, 1.807) is 0 Å². The predicted octanol–water partition coefficient (Wildman–Crippen LogP) is 4.37. The second-order valence-corrected chi connectivity index (χ2v) is 7.63. The number of H-pyrrole nitrogens is 2. The number of nitrogens with one attached hydrogen (secondary N) is 3. The zero-order chi connectivity index (χ0) is 20.3. The van der Waals surface area contributed by atoms with Crippen molar-refractivity contribution in [1.29, 1.82) is 0 Å². The van der Waals surface area contributed by atoms with Gasteiger partial charge in [0.1, 0.15) is 18.5 Å². The van der Waals surface area contributed by atoms with Gasteiger partial charge in [0, 0.05) is 39.9 Å². The molecule has 5 nitrogen and oxygen atoms in total. The summed E-state index contributed by atoms with van der Waals surface area (Å²) in [7, 11) is 0. The second kappa shape index (κ2) is 8.22. The van der Waals surface area contributed by atoms with Crippen LogP contribution >= 0.6 is 0 Å². The quantitative estimate of drug-likeness (QED) is 0.293. The van der Waals surface area contributed by atoms with Crippen LogP contribution in [0.15, 0.2) is 72.9 Å². The number of aromatic amines is 2. The molecule has 0 bridgehead atoms. The Morgan fingerprint density at radius 3 is 2.53 bits per heavy atom. The first kappa shape index (κ1) is 18.7. The van der Waals surface area contributed by atoms with E-state index < -0.39 is 6.10 Å². The number of hydrogen-bond acceptors (Lipinski definition) is 3. The lowest BCUT2D eigenvalue weighted by atomic mass is 10.1. The van der Waals surface area contributed by atoms with E-state index in [9.17, 15) is 5.11 Å². The fourth-order valence-electron chi connectivity index (χ4n) is 4.06. The topological polar surface area (TPSA) is 73.1 Å². The van der Waals surface area contributed by atoms with E-state index in [0.717, 1.165) is 46.0 Å². The minimum atomic E-state index is -0.576. The molecule has 1 unspecified atom stereocenters. The highest BCUT2D eigenvalue weighted by molar-refractivity contribution is 6.10. The minimum absolute atomic E-state index is 0.249. The third-order valence-electron chi connectivity index (χ3n) is 5.55. The van der Waals surface area contributed by atoms with Gasteiger partial charge in [0.05, 0.1) is 5.52 Å². The molecule has 0 amide bonds. The summed E-state index contributed by atoms with van der Waals surface area (Å²) in [6.07, 6.45) is 2.40. The third kappa shape index (κ3) is 3.65. The number of aliphatic hydroxyl groups is 1. The van der Waals surface area contributed by atoms with E-state index in [-0.39, 0.29) is 6.61 Å². The van der Waals surface area contributed by atoms with Crippen molar-refractivity contribution in [2.45, 2.75) is 12.5 Å². The van der Waals surface area contributed by atoms with Crippen LogP contribution in [-0.4, -0.2) is 40.9 Å². The molecule has 152 valence electrons. The van der Waals surface area contributed by atoms with Gasteiger partial charge in [-0.25, -0.2) is 0 Å². The summed E-state index contributed by atoms with van der Waals surface area (Å²) in [5.41, 5.74) is 4.57. The van der Waals surface area contributed by atoms with Crippen molar-refractivity contribution in [2.75, 3.05) is 19.7 Å². The molecule has 0 aliphatic carbocycles. The summed E-state index contributed by atoms with van der Waals surface area (Å²) in [4.78, 5) is 6.72. The van der Waals surface area contributed by atoms with Crippen LogP contribution in [0.1, 0.15) is 5.56 Å². The Labute approximate surface area is 174 Å². The molecule has 5 aromatic rings. The van der Waals surface area contributed by atoms with Gasteiger partial charge >= 0.3 is 0 Å². The monoisotopic (exact) mass is 399 g/mol. The second-order valence-electron chi connectivity index (χ2n) is 7.63. The molecule has 0 spiro atoms. The first-order valence-corrected chi connectivity index (χ1v) is 10.4. The fraction of sp³-hybridized carbons (Fsp3) is 0.200. The van der Waals surface area contributed by atoms with Crippen molar-refractivity contribution in [3.05, 3.63) is 78.5 Å². The third-order valence-corrected chi connectivity index (χ3v) is 5.55. The molecule has 0 saturated carbocycles. The van der Waals surface area contributed by atoms with E-state index >= 15 is 0 Å². The molecule has 0 fully saturated rings. The molecule has 0 saturated heterocycles. The Morgan fingerprint density at radius 1 is 0.867 bits per heavy atom. The van der Waals surface area contributed by atoms with Gasteiger partial charge in [-0.15, -0.1) is 0 Å². The van der Waals surface area contributed by atoms with E-state index in [1.807, 2.05) is 36.4 Å². The van der Waals surface area contributed by atoms with E-state index in [2.05, 4.69) is 51.8 Å². The number of rotatable bonds is 8. The summed E-state index contributed by atoms with van der Waals surface area (Å²) in [6, 6.07) is 22.5.